The smallest absolute Gasteiger partial charge is 0.293 e. The lowest BCUT2D eigenvalue weighted by atomic mass is 9.95. The number of nitrogens with one attached hydrogen (secondary N) is 2. The average Bonchev–Trinajstić information content (AvgIpc) is 3.31. The Morgan fingerprint density at radius 1 is 1.52 bits per heavy atom. The number of carbonyl (C=O) groups excluding carboxylic acids is 1. The number of hydrogen-bond donors (Lipinski definition) is 3. The summed E-state index contributed by atoms with van der Waals surface area (Å²) in [5.74, 6) is 0.0779. The molecule has 2 rings (SSSR count). The van der Waals surface area contributed by atoms with Gasteiger partial charge in [-0.2, -0.15) is 0 Å². The molecule has 0 aliphatic heterocycles. The summed E-state index contributed by atoms with van der Waals surface area (Å²) >= 11 is 0. The molecule has 0 saturated heterocycles. The normalized spacial score (nSPS) is 16.9. The van der Waals surface area contributed by atoms with Crippen LogP contribution in [0.4, 0.5) is 11.4 Å². The zero-order chi connectivity index (χ0) is 15.6. The lowest BCUT2D eigenvalue weighted by Crippen LogP contribution is -2.44. The van der Waals surface area contributed by atoms with Gasteiger partial charge >= 0.3 is 0 Å². The summed E-state index contributed by atoms with van der Waals surface area (Å²) < 4.78 is 0. The van der Waals surface area contributed by atoms with Crippen molar-refractivity contribution in [3.63, 3.8) is 0 Å². The minimum Gasteiger partial charge on any atom is -0.373 e. The Kier molecular flexibility index (Phi) is 4.13. The predicted molar refractivity (Wildman–Crippen MR) is 80.3 cm³/mol. The molecular weight excluding hydrogens is 272 g/mol. The Morgan fingerprint density at radius 3 is 2.67 bits per heavy atom. The number of carbonyl (C=O) groups is 1. The van der Waals surface area contributed by atoms with E-state index < -0.39 is 4.92 Å². The quantitative estimate of drug-likeness (QED) is 0.543. The van der Waals surface area contributed by atoms with E-state index in [0.717, 1.165) is 12.8 Å². The molecule has 1 fully saturated rings. The van der Waals surface area contributed by atoms with E-state index in [-0.39, 0.29) is 22.7 Å². The van der Waals surface area contributed by atoms with Gasteiger partial charge in [-0.25, -0.2) is 0 Å². The Balaban J connectivity index is 2.34. The minimum atomic E-state index is -0.487. The second-order valence-corrected chi connectivity index (χ2v) is 5.59. The fourth-order valence-corrected chi connectivity index (χ4v) is 2.42. The molecule has 21 heavy (non-hydrogen) atoms. The van der Waals surface area contributed by atoms with Crippen LogP contribution in [0.25, 0.3) is 0 Å². The van der Waals surface area contributed by atoms with E-state index in [4.69, 9.17) is 5.73 Å². The fraction of sp³-hybridized carbons (Fsp3) is 0.500. The molecule has 1 aliphatic rings. The molecule has 0 spiro atoms. The van der Waals surface area contributed by atoms with Crippen molar-refractivity contribution >= 4 is 17.3 Å². The number of rotatable bonds is 6. The number of nitrogens with two attached hydrogens (primary N) is 1. The van der Waals surface area contributed by atoms with Gasteiger partial charge in [-0.1, -0.05) is 0 Å². The molecule has 1 amide bonds. The van der Waals surface area contributed by atoms with E-state index in [9.17, 15) is 14.9 Å². The van der Waals surface area contributed by atoms with E-state index in [2.05, 4.69) is 10.6 Å². The molecule has 0 bridgehead atoms. The van der Waals surface area contributed by atoms with Gasteiger partial charge in [0.1, 0.15) is 5.69 Å². The van der Waals surface area contributed by atoms with Crippen LogP contribution in [-0.2, 0) is 0 Å². The lowest BCUT2D eigenvalue weighted by Gasteiger charge is -2.30. The second-order valence-electron chi connectivity index (χ2n) is 5.59. The van der Waals surface area contributed by atoms with Crippen LogP contribution in [0.1, 0.15) is 30.1 Å². The molecule has 7 nitrogen and oxygen atoms in total. The van der Waals surface area contributed by atoms with Gasteiger partial charge in [-0.3, -0.25) is 14.9 Å². The number of nitrogens with zero attached hydrogens (tertiary/aromatic N) is 1. The van der Waals surface area contributed by atoms with Crippen LogP contribution in [0.3, 0.4) is 0 Å². The summed E-state index contributed by atoms with van der Waals surface area (Å²) in [5, 5.41) is 16.9. The molecule has 0 heterocycles. The molecule has 114 valence electrons. The van der Waals surface area contributed by atoms with Crippen LogP contribution in [0.5, 0.6) is 0 Å². The van der Waals surface area contributed by atoms with Crippen molar-refractivity contribution in [2.45, 2.75) is 25.3 Å². The zero-order valence-electron chi connectivity index (χ0n) is 12.2. The maximum atomic E-state index is 11.6. The molecule has 0 radical (unpaired) electrons. The first-order valence-corrected chi connectivity index (χ1v) is 6.90. The van der Waals surface area contributed by atoms with Crippen molar-refractivity contribution in [3.8, 4) is 0 Å². The van der Waals surface area contributed by atoms with Crippen LogP contribution < -0.4 is 16.4 Å². The molecule has 1 aromatic carbocycles. The first-order chi connectivity index (χ1) is 9.91. The highest BCUT2D eigenvalue weighted by molar-refractivity contribution is 5.95. The van der Waals surface area contributed by atoms with Crippen molar-refractivity contribution in [1.29, 1.82) is 0 Å². The van der Waals surface area contributed by atoms with Crippen molar-refractivity contribution in [2.75, 3.05) is 18.9 Å². The van der Waals surface area contributed by atoms with Crippen molar-refractivity contribution in [2.24, 2.45) is 11.7 Å². The maximum Gasteiger partial charge on any atom is 0.293 e. The number of amides is 1. The third kappa shape index (κ3) is 3.13. The average molecular weight is 292 g/mol. The highest BCUT2D eigenvalue weighted by Gasteiger charge is 2.41. The van der Waals surface area contributed by atoms with Crippen LogP contribution in [0.15, 0.2) is 18.2 Å². The predicted octanol–water partition coefficient (Wildman–Crippen LogP) is 1.49. The van der Waals surface area contributed by atoms with Gasteiger partial charge in [0.15, 0.2) is 0 Å². The fourth-order valence-electron chi connectivity index (χ4n) is 2.42. The van der Waals surface area contributed by atoms with Gasteiger partial charge in [0.25, 0.3) is 11.6 Å². The number of benzene rings is 1. The molecule has 7 heteroatoms. The Labute approximate surface area is 123 Å². The van der Waals surface area contributed by atoms with Gasteiger partial charge in [-0.05, 0) is 37.8 Å². The number of hydrogen-bond acceptors (Lipinski definition) is 5. The highest BCUT2D eigenvalue weighted by atomic mass is 16.6. The van der Waals surface area contributed by atoms with Gasteiger partial charge in [-0.15, -0.1) is 0 Å². The number of nitro benzene ring substituents is 1. The van der Waals surface area contributed by atoms with E-state index in [1.54, 1.807) is 12.1 Å². The Hall–Kier alpha value is -2.15. The largest absolute Gasteiger partial charge is 0.373 e. The van der Waals surface area contributed by atoms with E-state index in [0.29, 0.717) is 18.2 Å². The van der Waals surface area contributed by atoms with Crippen LogP contribution >= 0.6 is 0 Å². The summed E-state index contributed by atoms with van der Waals surface area (Å²) in [6.45, 7) is 2.37. The van der Waals surface area contributed by atoms with Crippen molar-refractivity contribution < 1.29 is 9.72 Å². The first-order valence-electron chi connectivity index (χ1n) is 6.90. The van der Waals surface area contributed by atoms with Gasteiger partial charge in [0.2, 0.25) is 0 Å². The molecule has 1 aliphatic carbocycles. The van der Waals surface area contributed by atoms with Crippen LogP contribution in [0, 0.1) is 16.0 Å². The lowest BCUT2D eigenvalue weighted by molar-refractivity contribution is -0.384. The minimum absolute atomic E-state index is 0.114. The summed E-state index contributed by atoms with van der Waals surface area (Å²) in [5.41, 5.74) is 6.00. The molecule has 4 N–H and O–H groups in total. The van der Waals surface area contributed by atoms with Gasteiger partial charge < -0.3 is 16.4 Å². The molecule has 1 atom stereocenters. The van der Waals surface area contributed by atoms with Crippen molar-refractivity contribution in [3.05, 3.63) is 33.9 Å². The van der Waals surface area contributed by atoms with Crippen LogP contribution in [0.2, 0.25) is 0 Å². The Bertz CT molecular complexity index is 571. The molecule has 1 unspecified atom stereocenters. The number of anilines is 1. The molecule has 1 saturated carbocycles. The SMILES string of the molecule is CNC(=O)c1ccc(NC(C)(CN)C2CC2)c([N+](=O)[O-])c1. The molecular formula is C14H20N4O3. The third-order valence-electron chi connectivity index (χ3n) is 4.01. The third-order valence-corrected chi connectivity index (χ3v) is 4.01. The molecule has 1 aromatic rings. The maximum absolute atomic E-state index is 11.6. The summed E-state index contributed by atoms with van der Waals surface area (Å²) in [6, 6.07) is 4.42. The van der Waals surface area contributed by atoms with Gasteiger partial charge in [0.05, 0.1) is 4.92 Å². The van der Waals surface area contributed by atoms with E-state index >= 15 is 0 Å². The summed E-state index contributed by atoms with van der Waals surface area (Å²) in [4.78, 5) is 22.3. The first kappa shape index (κ1) is 15.2. The molecule has 0 aromatic heterocycles. The topological polar surface area (TPSA) is 110 Å². The van der Waals surface area contributed by atoms with Crippen LogP contribution in [-0.4, -0.2) is 30.0 Å². The highest BCUT2D eigenvalue weighted by Crippen LogP contribution is 2.42. The second kappa shape index (κ2) is 5.69. The number of nitro groups is 1. The Morgan fingerprint density at radius 2 is 2.19 bits per heavy atom. The standard InChI is InChI=1S/C14H20N4O3/c1-14(8-15,10-4-5-10)17-11-6-3-9(13(19)16-2)7-12(11)18(20)21/h3,6-7,10,17H,4-5,8,15H2,1-2H3,(H,16,19). The summed E-state index contributed by atoms with van der Waals surface area (Å²) in [6.07, 6.45) is 2.15. The summed E-state index contributed by atoms with van der Waals surface area (Å²) in [7, 11) is 1.49. The van der Waals surface area contributed by atoms with E-state index in [1.165, 1.54) is 13.1 Å². The zero-order valence-corrected chi connectivity index (χ0v) is 12.2. The monoisotopic (exact) mass is 292 g/mol. The van der Waals surface area contributed by atoms with E-state index in [1.807, 2.05) is 6.92 Å². The van der Waals surface area contributed by atoms with Gasteiger partial charge in [0, 0.05) is 30.8 Å². The van der Waals surface area contributed by atoms with Crippen molar-refractivity contribution in [1.82, 2.24) is 5.32 Å².